The number of carbonyl (C=O) groups is 1. The summed E-state index contributed by atoms with van der Waals surface area (Å²) in [6.45, 7) is 17.2. The fourth-order valence-corrected chi connectivity index (χ4v) is 2.49. The Morgan fingerprint density at radius 1 is 1.00 bits per heavy atom. The summed E-state index contributed by atoms with van der Waals surface area (Å²) < 4.78 is 0. The average molecular weight is 212 g/mol. The number of rotatable bonds is 3. The molecule has 0 heterocycles. The highest BCUT2D eigenvalue weighted by Gasteiger charge is 2.34. The molecule has 1 unspecified atom stereocenters. The fraction of sp³-hybridized carbons (Fsp3) is 0.929. The maximum absolute atomic E-state index is 12.2. The van der Waals surface area contributed by atoms with Crippen LogP contribution in [0.4, 0.5) is 0 Å². The summed E-state index contributed by atoms with van der Waals surface area (Å²) in [6.07, 6.45) is 0.688. The largest absolute Gasteiger partial charge is 0.299 e. The van der Waals surface area contributed by atoms with Crippen molar-refractivity contribution < 1.29 is 4.79 Å². The third-order valence-electron chi connectivity index (χ3n) is 2.65. The number of ketones is 1. The van der Waals surface area contributed by atoms with E-state index < -0.39 is 0 Å². The molecular weight excluding hydrogens is 184 g/mol. The van der Waals surface area contributed by atoms with Gasteiger partial charge in [0.1, 0.15) is 5.78 Å². The lowest BCUT2D eigenvalue weighted by Gasteiger charge is -2.34. The van der Waals surface area contributed by atoms with Crippen molar-refractivity contribution in [2.45, 2.75) is 61.8 Å². The Morgan fingerprint density at radius 2 is 1.40 bits per heavy atom. The van der Waals surface area contributed by atoms with Gasteiger partial charge in [0.05, 0.1) is 0 Å². The van der Waals surface area contributed by atoms with E-state index in [1.165, 1.54) is 0 Å². The molecule has 1 nitrogen and oxygen atoms in total. The quantitative estimate of drug-likeness (QED) is 0.681. The van der Waals surface area contributed by atoms with Crippen LogP contribution in [-0.4, -0.2) is 5.78 Å². The van der Waals surface area contributed by atoms with Gasteiger partial charge in [0.25, 0.3) is 0 Å². The van der Waals surface area contributed by atoms with Crippen LogP contribution in [0.1, 0.15) is 61.8 Å². The van der Waals surface area contributed by atoms with Crippen LogP contribution in [0.3, 0.4) is 0 Å². The van der Waals surface area contributed by atoms with E-state index in [0.29, 0.717) is 18.1 Å². The lowest BCUT2D eigenvalue weighted by atomic mass is 9.69. The first-order chi connectivity index (χ1) is 6.45. The van der Waals surface area contributed by atoms with E-state index in [4.69, 9.17) is 0 Å². The summed E-state index contributed by atoms with van der Waals surface area (Å²) in [6, 6.07) is 0. The highest BCUT2D eigenvalue weighted by molar-refractivity contribution is 5.82. The van der Waals surface area contributed by atoms with Gasteiger partial charge in [-0.05, 0) is 16.7 Å². The van der Waals surface area contributed by atoms with Crippen molar-refractivity contribution >= 4 is 5.78 Å². The van der Waals surface area contributed by atoms with Gasteiger partial charge in [-0.15, -0.1) is 0 Å². The van der Waals surface area contributed by atoms with Gasteiger partial charge in [-0.1, -0.05) is 55.4 Å². The van der Waals surface area contributed by atoms with Gasteiger partial charge in [-0.2, -0.15) is 0 Å². The summed E-state index contributed by atoms with van der Waals surface area (Å²) in [5, 5.41) is 0. The molecule has 0 aliphatic carbocycles. The van der Waals surface area contributed by atoms with E-state index in [-0.39, 0.29) is 16.7 Å². The van der Waals surface area contributed by atoms with Crippen LogP contribution in [0, 0.1) is 22.7 Å². The molecule has 0 aliphatic heterocycles. The molecule has 0 spiro atoms. The minimum absolute atomic E-state index is 0.0799. The van der Waals surface area contributed by atoms with Crippen LogP contribution in [0.15, 0.2) is 0 Å². The van der Waals surface area contributed by atoms with Crippen molar-refractivity contribution in [3.05, 3.63) is 0 Å². The Labute approximate surface area is 95.6 Å². The van der Waals surface area contributed by atoms with E-state index in [1.807, 2.05) is 0 Å². The highest BCUT2D eigenvalue weighted by atomic mass is 16.1. The molecule has 0 bridgehead atoms. The van der Waals surface area contributed by atoms with Gasteiger partial charge in [0, 0.05) is 12.3 Å². The molecule has 0 N–H and O–H groups in total. The summed E-state index contributed by atoms with van der Waals surface area (Å²) in [4.78, 5) is 12.2. The number of Topliss-reactive ketones (excluding diaryl/α,β-unsaturated/α-hetero) is 1. The summed E-state index contributed by atoms with van der Waals surface area (Å²) >= 11 is 0. The molecule has 0 aromatic rings. The molecule has 0 saturated carbocycles. The topological polar surface area (TPSA) is 17.1 Å². The Morgan fingerprint density at radius 3 is 1.60 bits per heavy atom. The Kier molecular flexibility index (Phi) is 4.57. The average Bonchev–Trinajstić information content (AvgIpc) is 1.74. The summed E-state index contributed by atoms with van der Waals surface area (Å²) in [5.74, 6) is 1.03. The standard InChI is InChI=1S/C14H28O/c1-10(2)12(14(6,7)8)11(15)9-13(3,4)5/h10,12H,9H2,1-8H3. The molecule has 0 aliphatic rings. The molecule has 1 heteroatoms. The molecule has 0 fully saturated rings. The minimum atomic E-state index is 0.0799. The third-order valence-corrected chi connectivity index (χ3v) is 2.65. The van der Waals surface area contributed by atoms with Crippen molar-refractivity contribution in [2.75, 3.05) is 0 Å². The third kappa shape index (κ3) is 5.34. The zero-order valence-electron chi connectivity index (χ0n) is 11.8. The van der Waals surface area contributed by atoms with Crippen molar-refractivity contribution in [3.8, 4) is 0 Å². The van der Waals surface area contributed by atoms with Gasteiger partial charge in [-0.3, -0.25) is 4.79 Å². The molecular formula is C14H28O. The van der Waals surface area contributed by atoms with E-state index in [0.717, 1.165) is 0 Å². The van der Waals surface area contributed by atoms with Gasteiger partial charge >= 0.3 is 0 Å². The normalized spacial score (nSPS) is 15.5. The zero-order chi connectivity index (χ0) is 12.4. The fourth-order valence-electron chi connectivity index (χ4n) is 2.49. The smallest absolute Gasteiger partial charge is 0.137 e. The first-order valence-electron chi connectivity index (χ1n) is 5.98. The Balaban J connectivity index is 4.74. The molecule has 0 saturated heterocycles. The second kappa shape index (κ2) is 4.67. The van der Waals surface area contributed by atoms with Crippen LogP contribution < -0.4 is 0 Å². The van der Waals surface area contributed by atoms with E-state index in [9.17, 15) is 4.79 Å². The highest BCUT2D eigenvalue weighted by Crippen LogP contribution is 2.35. The molecule has 0 amide bonds. The van der Waals surface area contributed by atoms with Crippen LogP contribution in [-0.2, 0) is 4.79 Å². The monoisotopic (exact) mass is 212 g/mol. The maximum Gasteiger partial charge on any atom is 0.137 e. The van der Waals surface area contributed by atoms with Gasteiger partial charge in [0.2, 0.25) is 0 Å². The van der Waals surface area contributed by atoms with Crippen LogP contribution in [0.5, 0.6) is 0 Å². The van der Waals surface area contributed by atoms with Crippen molar-refractivity contribution in [3.63, 3.8) is 0 Å². The van der Waals surface area contributed by atoms with Crippen molar-refractivity contribution in [1.29, 1.82) is 0 Å². The molecule has 0 aromatic heterocycles. The first-order valence-corrected chi connectivity index (χ1v) is 5.98. The second-order valence-electron chi connectivity index (χ2n) is 7.29. The Bertz CT molecular complexity index is 212. The molecule has 90 valence electrons. The molecule has 0 radical (unpaired) electrons. The van der Waals surface area contributed by atoms with E-state index in [2.05, 4.69) is 55.4 Å². The van der Waals surface area contributed by atoms with Crippen LogP contribution >= 0.6 is 0 Å². The number of hydrogen-bond donors (Lipinski definition) is 0. The number of hydrogen-bond acceptors (Lipinski definition) is 1. The zero-order valence-corrected chi connectivity index (χ0v) is 11.8. The second-order valence-corrected chi connectivity index (χ2v) is 7.29. The van der Waals surface area contributed by atoms with Crippen molar-refractivity contribution in [1.82, 2.24) is 0 Å². The summed E-state index contributed by atoms with van der Waals surface area (Å²) in [5.41, 5.74) is 0.186. The number of carbonyl (C=O) groups excluding carboxylic acids is 1. The van der Waals surface area contributed by atoms with E-state index in [1.54, 1.807) is 0 Å². The molecule has 15 heavy (non-hydrogen) atoms. The molecule has 0 rings (SSSR count). The minimum Gasteiger partial charge on any atom is -0.299 e. The lowest BCUT2D eigenvalue weighted by molar-refractivity contribution is -0.129. The van der Waals surface area contributed by atoms with Crippen LogP contribution in [0.25, 0.3) is 0 Å². The predicted octanol–water partition coefficient (Wildman–Crippen LogP) is 4.31. The Hall–Kier alpha value is -0.330. The lowest BCUT2D eigenvalue weighted by Crippen LogP contribution is -2.34. The van der Waals surface area contributed by atoms with Crippen LogP contribution in [0.2, 0.25) is 0 Å². The maximum atomic E-state index is 12.2. The van der Waals surface area contributed by atoms with Gasteiger partial charge in [-0.25, -0.2) is 0 Å². The predicted molar refractivity (Wildman–Crippen MR) is 66.9 cm³/mol. The van der Waals surface area contributed by atoms with Gasteiger partial charge < -0.3 is 0 Å². The summed E-state index contributed by atoms with van der Waals surface area (Å²) in [7, 11) is 0. The van der Waals surface area contributed by atoms with Crippen molar-refractivity contribution in [2.24, 2.45) is 22.7 Å². The molecule has 0 aromatic carbocycles. The molecule has 1 atom stereocenters. The first kappa shape index (κ1) is 14.7. The SMILES string of the molecule is CC(C)C(C(=O)CC(C)(C)C)C(C)(C)C. The van der Waals surface area contributed by atoms with E-state index >= 15 is 0 Å². The van der Waals surface area contributed by atoms with Gasteiger partial charge in [0.15, 0.2) is 0 Å².